The molecule has 1 saturated heterocycles. The van der Waals surface area contributed by atoms with Gasteiger partial charge in [0.05, 0.1) is 6.04 Å². The summed E-state index contributed by atoms with van der Waals surface area (Å²) in [6.07, 6.45) is 2.14. The molecule has 1 fully saturated rings. The van der Waals surface area contributed by atoms with Gasteiger partial charge in [-0.3, -0.25) is 4.79 Å². The molecule has 0 saturated carbocycles. The van der Waals surface area contributed by atoms with Gasteiger partial charge in [0.15, 0.2) is 0 Å². The molecule has 0 aliphatic carbocycles. The molecule has 4 heteroatoms. The number of nitrogens with two attached hydrogens (primary N) is 2. The molecule has 0 aromatic heterocycles. The Morgan fingerprint density at radius 3 is 2.83 bits per heavy atom. The van der Waals surface area contributed by atoms with Crippen LogP contribution in [0.25, 0.3) is 0 Å². The maximum atomic E-state index is 10.8. The molecule has 1 heterocycles. The van der Waals surface area contributed by atoms with E-state index < -0.39 is 6.04 Å². The molecule has 4 nitrogen and oxygen atoms in total. The quantitative estimate of drug-likeness (QED) is 0.568. The summed E-state index contributed by atoms with van der Waals surface area (Å²) < 4.78 is 0. The number of rotatable bonds is 2. The second-order valence-corrected chi connectivity index (χ2v) is 3.59. The Balaban J connectivity index is 2.45. The van der Waals surface area contributed by atoms with Crippen molar-refractivity contribution in [3.8, 4) is 0 Å². The number of nitrogens with zero attached hydrogens (tertiary/aromatic N) is 1. The molecular formula is C8H17N3O. The van der Waals surface area contributed by atoms with Gasteiger partial charge in [-0.2, -0.15) is 0 Å². The molecule has 12 heavy (non-hydrogen) atoms. The van der Waals surface area contributed by atoms with Crippen molar-refractivity contribution in [1.29, 1.82) is 0 Å². The van der Waals surface area contributed by atoms with Gasteiger partial charge < -0.3 is 16.4 Å². The molecule has 0 aromatic carbocycles. The standard InChI is InChI=1S/C8H17N3O/c1-11-4-2-3-6(5-11)7(9)8(10)12/h6-7H,2-5,9H2,1H3,(H2,10,12). The van der Waals surface area contributed by atoms with Crippen LogP contribution in [0.2, 0.25) is 0 Å². The molecule has 1 rings (SSSR count). The Morgan fingerprint density at radius 2 is 2.33 bits per heavy atom. The van der Waals surface area contributed by atoms with Crippen molar-refractivity contribution >= 4 is 5.91 Å². The summed E-state index contributed by atoms with van der Waals surface area (Å²) in [6.45, 7) is 1.99. The van der Waals surface area contributed by atoms with Gasteiger partial charge in [-0.15, -0.1) is 0 Å². The van der Waals surface area contributed by atoms with Crippen molar-refractivity contribution in [2.45, 2.75) is 18.9 Å². The van der Waals surface area contributed by atoms with Gasteiger partial charge >= 0.3 is 0 Å². The van der Waals surface area contributed by atoms with Gasteiger partial charge in [-0.05, 0) is 32.4 Å². The van der Waals surface area contributed by atoms with E-state index in [9.17, 15) is 4.79 Å². The number of amides is 1. The summed E-state index contributed by atoms with van der Waals surface area (Å²) in [7, 11) is 2.04. The third kappa shape index (κ3) is 2.19. The van der Waals surface area contributed by atoms with Gasteiger partial charge in [0.1, 0.15) is 0 Å². The first-order valence-corrected chi connectivity index (χ1v) is 4.34. The zero-order valence-electron chi connectivity index (χ0n) is 7.49. The fourth-order valence-corrected chi connectivity index (χ4v) is 1.73. The average Bonchev–Trinajstić information content (AvgIpc) is 2.03. The van der Waals surface area contributed by atoms with Crippen molar-refractivity contribution in [1.82, 2.24) is 4.90 Å². The molecule has 0 radical (unpaired) electrons. The number of hydrogen-bond donors (Lipinski definition) is 2. The summed E-state index contributed by atoms with van der Waals surface area (Å²) in [6, 6.07) is -0.465. The monoisotopic (exact) mass is 171 g/mol. The minimum Gasteiger partial charge on any atom is -0.368 e. The van der Waals surface area contributed by atoms with Gasteiger partial charge in [-0.25, -0.2) is 0 Å². The lowest BCUT2D eigenvalue weighted by Gasteiger charge is -2.31. The lowest BCUT2D eigenvalue weighted by Crippen LogP contribution is -2.48. The van der Waals surface area contributed by atoms with Gasteiger partial charge in [-0.1, -0.05) is 0 Å². The van der Waals surface area contributed by atoms with Crippen LogP contribution in [0, 0.1) is 5.92 Å². The molecular weight excluding hydrogens is 154 g/mol. The fraction of sp³-hybridized carbons (Fsp3) is 0.875. The third-order valence-corrected chi connectivity index (χ3v) is 2.50. The average molecular weight is 171 g/mol. The van der Waals surface area contributed by atoms with Crippen LogP contribution in [0.4, 0.5) is 0 Å². The number of carbonyl (C=O) groups is 1. The smallest absolute Gasteiger partial charge is 0.234 e. The molecule has 70 valence electrons. The number of likely N-dealkylation sites (tertiary alicyclic amines) is 1. The third-order valence-electron chi connectivity index (χ3n) is 2.50. The van der Waals surface area contributed by atoms with E-state index in [1.807, 2.05) is 7.05 Å². The van der Waals surface area contributed by atoms with Crippen molar-refractivity contribution in [3.05, 3.63) is 0 Å². The van der Waals surface area contributed by atoms with E-state index in [4.69, 9.17) is 11.5 Å². The van der Waals surface area contributed by atoms with E-state index in [0.29, 0.717) is 0 Å². The molecule has 0 aromatic rings. The first-order chi connectivity index (χ1) is 5.61. The van der Waals surface area contributed by atoms with Gasteiger partial charge in [0.2, 0.25) is 5.91 Å². The van der Waals surface area contributed by atoms with Crippen LogP contribution in [0.3, 0.4) is 0 Å². The predicted molar refractivity (Wildman–Crippen MR) is 47.4 cm³/mol. The predicted octanol–water partition coefficient (Wildman–Crippen LogP) is -0.859. The molecule has 4 N–H and O–H groups in total. The van der Waals surface area contributed by atoms with E-state index in [0.717, 1.165) is 25.9 Å². The molecule has 0 bridgehead atoms. The topological polar surface area (TPSA) is 72.3 Å². The number of piperidine rings is 1. The van der Waals surface area contributed by atoms with Crippen molar-refractivity contribution in [2.24, 2.45) is 17.4 Å². The van der Waals surface area contributed by atoms with Crippen LogP contribution in [-0.2, 0) is 4.79 Å². The zero-order chi connectivity index (χ0) is 9.14. The summed E-state index contributed by atoms with van der Waals surface area (Å²) >= 11 is 0. The van der Waals surface area contributed by atoms with Crippen LogP contribution in [0.1, 0.15) is 12.8 Å². The highest BCUT2D eigenvalue weighted by Crippen LogP contribution is 2.17. The molecule has 1 aliphatic rings. The van der Waals surface area contributed by atoms with Crippen LogP contribution < -0.4 is 11.5 Å². The van der Waals surface area contributed by atoms with E-state index in [1.165, 1.54) is 0 Å². The summed E-state index contributed by atoms with van der Waals surface area (Å²) in [5.74, 6) is -0.128. The summed E-state index contributed by atoms with van der Waals surface area (Å²) in [4.78, 5) is 13.0. The lowest BCUT2D eigenvalue weighted by molar-refractivity contribution is -0.120. The van der Waals surface area contributed by atoms with E-state index in [-0.39, 0.29) is 11.8 Å². The van der Waals surface area contributed by atoms with Gasteiger partial charge in [0, 0.05) is 6.54 Å². The van der Waals surface area contributed by atoms with Crippen LogP contribution in [0.15, 0.2) is 0 Å². The zero-order valence-corrected chi connectivity index (χ0v) is 7.49. The van der Waals surface area contributed by atoms with Crippen molar-refractivity contribution in [3.63, 3.8) is 0 Å². The maximum absolute atomic E-state index is 10.8. The number of carbonyl (C=O) groups excluding carboxylic acids is 1. The first-order valence-electron chi connectivity index (χ1n) is 4.34. The van der Waals surface area contributed by atoms with Gasteiger partial charge in [0.25, 0.3) is 0 Å². The van der Waals surface area contributed by atoms with E-state index >= 15 is 0 Å². The number of primary amides is 1. The highest BCUT2D eigenvalue weighted by Gasteiger charge is 2.26. The highest BCUT2D eigenvalue weighted by molar-refractivity contribution is 5.79. The van der Waals surface area contributed by atoms with Crippen molar-refractivity contribution in [2.75, 3.05) is 20.1 Å². The van der Waals surface area contributed by atoms with E-state index in [1.54, 1.807) is 0 Å². The minimum atomic E-state index is -0.465. The Morgan fingerprint density at radius 1 is 1.67 bits per heavy atom. The first kappa shape index (κ1) is 9.48. The summed E-state index contributed by atoms with van der Waals surface area (Å²) in [5.41, 5.74) is 10.8. The van der Waals surface area contributed by atoms with Crippen molar-refractivity contribution < 1.29 is 4.79 Å². The molecule has 1 amide bonds. The Hall–Kier alpha value is -0.610. The normalized spacial score (nSPS) is 28.3. The second-order valence-electron chi connectivity index (χ2n) is 3.59. The Labute approximate surface area is 72.9 Å². The summed E-state index contributed by atoms with van der Waals surface area (Å²) in [5, 5.41) is 0. The number of hydrogen-bond acceptors (Lipinski definition) is 3. The highest BCUT2D eigenvalue weighted by atomic mass is 16.1. The SMILES string of the molecule is CN1CCCC(C(N)C(N)=O)C1. The minimum absolute atomic E-state index is 0.251. The Bertz CT molecular complexity index is 172. The Kier molecular flexibility index (Phi) is 3.05. The van der Waals surface area contributed by atoms with E-state index in [2.05, 4.69) is 4.90 Å². The van der Waals surface area contributed by atoms with Crippen LogP contribution in [-0.4, -0.2) is 37.0 Å². The molecule has 2 atom stereocenters. The second kappa shape index (κ2) is 3.87. The molecule has 0 spiro atoms. The van der Waals surface area contributed by atoms with Crippen LogP contribution >= 0.6 is 0 Å². The molecule has 1 aliphatic heterocycles. The fourth-order valence-electron chi connectivity index (χ4n) is 1.73. The maximum Gasteiger partial charge on any atom is 0.234 e. The van der Waals surface area contributed by atoms with Crippen LogP contribution in [0.5, 0.6) is 0 Å². The lowest BCUT2D eigenvalue weighted by atomic mass is 9.91. The largest absolute Gasteiger partial charge is 0.368 e. The molecule has 2 unspecified atom stereocenters.